The first kappa shape index (κ1) is 24.7. The minimum Gasteiger partial charge on any atom is -0.342 e. The van der Waals surface area contributed by atoms with Crippen molar-refractivity contribution in [3.05, 3.63) is 67.6 Å². The number of rotatable bonds is 4. The summed E-state index contributed by atoms with van der Waals surface area (Å²) in [6.45, 7) is 3.37. The van der Waals surface area contributed by atoms with E-state index in [1.165, 1.54) is 29.3 Å². The lowest BCUT2D eigenvalue weighted by atomic mass is 9.96. The van der Waals surface area contributed by atoms with E-state index in [1.807, 2.05) is 24.0 Å². The summed E-state index contributed by atoms with van der Waals surface area (Å²) in [5.41, 5.74) is 3.33. The van der Waals surface area contributed by atoms with Crippen LogP contribution < -0.4 is 10.9 Å². The number of carbonyl (C=O) groups excluding carboxylic acids is 2. The molecular formula is C27H29ClN4O3. The molecule has 0 unspecified atom stereocenters. The largest absolute Gasteiger partial charge is 0.342 e. The van der Waals surface area contributed by atoms with Crippen molar-refractivity contribution in [3.8, 4) is 6.07 Å². The third-order valence-electron chi connectivity index (χ3n) is 7.08. The molecular weight excluding hydrogens is 464 g/mol. The Kier molecular flexibility index (Phi) is 7.42. The lowest BCUT2D eigenvalue weighted by Crippen LogP contribution is -2.39. The van der Waals surface area contributed by atoms with Crippen LogP contribution in [0.2, 0.25) is 5.02 Å². The van der Waals surface area contributed by atoms with Crippen molar-refractivity contribution in [3.63, 3.8) is 0 Å². The molecule has 2 fully saturated rings. The molecule has 2 aromatic rings. The van der Waals surface area contributed by atoms with Gasteiger partial charge in [0.2, 0.25) is 5.91 Å². The predicted octanol–water partition coefficient (Wildman–Crippen LogP) is 4.67. The number of pyridine rings is 1. The number of anilines is 1. The first-order chi connectivity index (χ1) is 16.8. The molecule has 0 spiro atoms. The Morgan fingerprint density at radius 1 is 1.14 bits per heavy atom. The first-order valence-electron chi connectivity index (χ1n) is 12.0. The van der Waals surface area contributed by atoms with Crippen molar-refractivity contribution in [2.24, 2.45) is 13.0 Å². The number of halogens is 1. The number of nitrogens with one attached hydrogen (secondary N) is 1. The Balaban J connectivity index is 1.50. The van der Waals surface area contributed by atoms with Crippen LogP contribution in [-0.2, 0) is 11.8 Å². The van der Waals surface area contributed by atoms with Crippen LogP contribution in [0.4, 0.5) is 5.69 Å². The first-order valence-corrected chi connectivity index (χ1v) is 12.4. The fraction of sp³-hybridized carbons (Fsp3) is 0.407. The number of benzene rings is 1. The zero-order valence-electron chi connectivity index (χ0n) is 20.1. The van der Waals surface area contributed by atoms with Gasteiger partial charge in [-0.05, 0) is 61.9 Å². The Morgan fingerprint density at radius 3 is 2.49 bits per heavy atom. The monoisotopic (exact) mass is 492 g/mol. The van der Waals surface area contributed by atoms with Crippen LogP contribution in [0.1, 0.15) is 65.7 Å². The van der Waals surface area contributed by atoms with E-state index in [-0.39, 0.29) is 17.2 Å². The Bertz CT molecular complexity index is 1290. The third-order valence-corrected chi connectivity index (χ3v) is 7.30. The van der Waals surface area contributed by atoms with Gasteiger partial charge in [-0.2, -0.15) is 5.26 Å². The van der Waals surface area contributed by atoms with E-state index in [9.17, 15) is 19.6 Å². The van der Waals surface area contributed by atoms with Crippen LogP contribution in [0, 0.1) is 24.2 Å². The SMILES string of the molecule is Cc1c(C=C2CCN(C(=O)C3CCCC3)CC2)cc(Cl)cc1NC(=O)c1cc(C#N)n(C)c(=O)c1. The number of likely N-dealkylation sites (tertiary alicyclic amines) is 1. The average Bonchev–Trinajstić information content (AvgIpc) is 3.38. The summed E-state index contributed by atoms with van der Waals surface area (Å²) in [6.07, 6.45) is 8.08. The van der Waals surface area contributed by atoms with Gasteiger partial charge in [-0.15, -0.1) is 0 Å². The summed E-state index contributed by atoms with van der Waals surface area (Å²) in [5, 5.41) is 12.5. The minimum atomic E-state index is -0.484. The minimum absolute atomic E-state index is 0.105. The molecule has 35 heavy (non-hydrogen) atoms. The van der Waals surface area contributed by atoms with E-state index in [0.717, 1.165) is 62.7 Å². The molecule has 0 bridgehead atoms. The molecule has 1 N–H and O–H groups in total. The van der Waals surface area contributed by atoms with Crippen molar-refractivity contribution in [1.29, 1.82) is 5.26 Å². The van der Waals surface area contributed by atoms with E-state index in [4.69, 9.17) is 11.6 Å². The molecule has 2 heterocycles. The van der Waals surface area contributed by atoms with Gasteiger partial charge in [-0.3, -0.25) is 14.4 Å². The van der Waals surface area contributed by atoms with E-state index in [2.05, 4.69) is 11.4 Å². The van der Waals surface area contributed by atoms with Crippen molar-refractivity contribution >= 4 is 35.2 Å². The fourth-order valence-corrected chi connectivity index (χ4v) is 5.08. The normalized spacial score (nSPS) is 16.2. The lowest BCUT2D eigenvalue weighted by molar-refractivity contribution is -0.135. The number of nitrogens with zero attached hydrogens (tertiary/aromatic N) is 3. The van der Waals surface area contributed by atoms with Gasteiger partial charge in [-0.1, -0.05) is 36.1 Å². The summed E-state index contributed by atoms with van der Waals surface area (Å²) in [7, 11) is 1.48. The van der Waals surface area contributed by atoms with Crippen LogP contribution >= 0.6 is 11.6 Å². The van der Waals surface area contributed by atoms with Crippen molar-refractivity contribution in [1.82, 2.24) is 9.47 Å². The molecule has 2 aliphatic rings. The fourth-order valence-electron chi connectivity index (χ4n) is 4.86. The third kappa shape index (κ3) is 5.49. The maximum absolute atomic E-state index is 12.9. The van der Waals surface area contributed by atoms with Crippen LogP contribution in [0.25, 0.3) is 6.08 Å². The van der Waals surface area contributed by atoms with Gasteiger partial charge < -0.3 is 14.8 Å². The Morgan fingerprint density at radius 2 is 1.83 bits per heavy atom. The molecule has 2 amide bonds. The summed E-state index contributed by atoms with van der Waals surface area (Å²) in [5.74, 6) is 0.0265. The number of nitriles is 1. The lowest BCUT2D eigenvalue weighted by Gasteiger charge is -2.30. The molecule has 8 heteroatoms. The van der Waals surface area contributed by atoms with Crippen molar-refractivity contribution < 1.29 is 9.59 Å². The molecule has 7 nitrogen and oxygen atoms in total. The summed E-state index contributed by atoms with van der Waals surface area (Å²) in [6, 6.07) is 8.06. The molecule has 1 aromatic heterocycles. The highest BCUT2D eigenvalue weighted by Gasteiger charge is 2.28. The van der Waals surface area contributed by atoms with Crippen LogP contribution in [0.3, 0.4) is 0 Å². The van der Waals surface area contributed by atoms with Gasteiger partial charge in [-0.25, -0.2) is 0 Å². The molecule has 1 saturated carbocycles. The zero-order chi connectivity index (χ0) is 25.1. The van der Waals surface area contributed by atoms with E-state index >= 15 is 0 Å². The summed E-state index contributed by atoms with van der Waals surface area (Å²) in [4.78, 5) is 39.7. The Labute approximate surface area is 210 Å². The second-order valence-electron chi connectivity index (χ2n) is 9.37. The van der Waals surface area contributed by atoms with Gasteiger partial charge in [0.25, 0.3) is 11.5 Å². The molecule has 0 radical (unpaired) electrons. The van der Waals surface area contributed by atoms with Gasteiger partial charge in [0.05, 0.1) is 0 Å². The average molecular weight is 493 g/mol. The maximum atomic E-state index is 12.9. The number of hydrogen-bond donors (Lipinski definition) is 1. The van der Waals surface area contributed by atoms with Crippen molar-refractivity contribution in [2.45, 2.75) is 45.4 Å². The quantitative estimate of drug-likeness (QED) is 0.671. The maximum Gasteiger partial charge on any atom is 0.255 e. The predicted molar refractivity (Wildman–Crippen MR) is 136 cm³/mol. The highest BCUT2D eigenvalue weighted by Crippen LogP contribution is 2.31. The second-order valence-corrected chi connectivity index (χ2v) is 9.81. The molecule has 0 atom stereocenters. The van der Waals surface area contributed by atoms with Gasteiger partial charge in [0.15, 0.2) is 0 Å². The summed E-state index contributed by atoms with van der Waals surface area (Å²) >= 11 is 6.37. The number of aromatic nitrogens is 1. The standard InChI is InChI=1S/C27H29ClN4O3/c1-17-20(11-18-7-9-32(10-8-18)27(35)19-5-3-4-6-19)12-22(28)15-24(17)30-26(34)21-13-23(16-29)31(2)25(33)14-21/h11-15,19H,3-10H2,1-2H3,(H,30,34). The molecule has 1 aromatic carbocycles. The zero-order valence-corrected chi connectivity index (χ0v) is 20.8. The highest BCUT2D eigenvalue weighted by atomic mass is 35.5. The van der Waals surface area contributed by atoms with Crippen LogP contribution in [-0.4, -0.2) is 34.4 Å². The number of carbonyl (C=O) groups is 2. The van der Waals surface area contributed by atoms with E-state index < -0.39 is 11.5 Å². The van der Waals surface area contributed by atoms with E-state index in [1.54, 1.807) is 6.07 Å². The Hall–Kier alpha value is -3.37. The topological polar surface area (TPSA) is 95.2 Å². The van der Waals surface area contributed by atoms with Crippen LogP contribution in [0.15, 0.2) is 34.6 Å². The smallest absolute Gasteiger partial charge is 0.255 e. The molecule has 182 valence electrons. The van der Waals surface area contributed by atoms with Gasteiger partial charge in [0.1, 0.15) is 11.8 Å². The van der Waals surface area contributed by atoms with Crippen molar-refractivity contribution in [2.75, 3.05) is 18.4 Å². The van der Waals surface area contributed by atoms with Crippen LogP contribution in [0.5, 0.6) is 0 Å². The molecule has 1 aliphatic heterocycles. The second kappa shape index (κ2) is 10.5. The number of hydrogen-bond acceptors (Lipinski definition) is 4. The molecule has 4 rings (SSSR count). The van der Waals surface area contributed by atoms with Gasteiger partial charge >= 0.3 is 0 Å². The van der Waals surface area contributed by atoms with E-state index in [0.29, 0.717) is 16.6 Å². The van der Waals surface area contributed by atoms with Gasteiger partial charge in [0, 0.05) is 48.4 Å². The highest BCUT2D eigenvalue weighted by molar-refractivity contribution is 6.31. The summed E-state index contributed by atoms with van der Waals surface area (Å²) < 4.78 is 1.19. The number of amides is 2. The number of piperidine rings is 1. The molecule has 1 saturated heterocycles. The molecule has 1 aliphatic carbocycles.